The Labute approximate surface area is 157 Å². The summed E-state index contributed by atoms with van der Waals surface area (Å²) in [6.07, 6.45) is 28.6. The van der Waals surface area contributed by atoms with Gasteiger partial charge in [0.25, 0.3) is 0 Å². The maximum absolute atomic E-state index is 10.4. The minimum Gasteiger partial charge on any atom is -0.481 e. The van der Waals surface area contributed by atoms with Crippen LogP contribution in [-0.2, 0) is 4.79 Å². The van der Waals surface area contributed by atoms with E-state index in [0.29, 0.717) is 6.42 Å². The molecular formula is C23H44O2. The summed E-state index contributed by atoms with van der Waals surface area (Å²) < 4.78 is 0. The number of aliphatic carboxylic acids is 1. The fourth-order valence-corrected chi connectivity index (χ4v) is 3.23. The Bertz CT molecular complexity index is 296. The summed E-state index contributed by atoms with van der Waals surface area (Å²) >= 11 is 0. The average Bonchev–Trinajstić information content (AvgIpc) is 2.60. The van der Waals surface area contributed by atoms with Crippen molar-refractivity contribution < 1.29 is 9.90 Å². The Balaban J connectivity index is 3.07. The second-order valence-corrected chi connectivity index (χ2v) is 7.50. The van der Waals surface area contributed by atoms with E-state index in [9.17, 15) is 4.79 Å². The van der Waals surface area contributed by atoms with Crippen LogP contribution in [0.2, 0.25) is 0 Å². The van der Waals surface area contributed by atoms with Crippen LogP contribution in [0.5, 0.6) is 0 Å². The minimum absolute atomic E-state index is 0.332. The first-order valence-corrected chi connectivity index (χ1v) is 11.1. The number of rotatable bonds is 20. The van der Waals surface area contributed by atoms with E-state index in [1.165, 1.54) is 103 Å². The number of unbranched alkanes of at least 4 members (excludes halogenated alkanes) is 16. The van der Waals surface area contributed by atoms with E-state index < -0.39 is 5.97 Å². The van der Waals surface area contributed by atoms with Crippen molar-refractivity contribution in [2.24, 2.45) is 0 Å². The van der Waals surface area contributed by atoms with Crippen LogP contribution in [0.1, 0.15) is 129 Å². The van der Waals surface area contributed by atoms with Crippen LogP contribution < -0.4 is 0 Å². The number of carbonyl (C=O) groups is 1. The van der Waals surface area contributed by atoms with Gasteiger partial charge in [0.1, 0.15) is 0 Å². The van der Waals surface area contributed by atoms with Crippen LogP contribution >= 0.6 is 0 Å². The first-order valence-electron chi connectivity index (χ1n) is 11.1. The predicted octanol–water partition coefficient (Wildman–Crippen LogP) is 8.06. The molecule has 0 amide bonds. The third-order valence-corrected chi connectivity index (χ3v) is 4.90. The van der Waals surface area contributed by atoms with Crippen LogP contribution in [0.3, 0.4) is 0 Å². The standard InChI is InChI=1S/C23H44O2/c1-2-3-4-5-6-7-8-9-10-11-12-13-14-15-16-17-18-19-20-21-22-23(24)25/h14-15H,2-13,16-22H2,1H3,(H,24,25). The lowest BCUT2D eigenvalue weighted by Gasteiger charge is -2.01. The fourth-order valence-electron chi connectivity index (χ4n) is 3.23. The largest absolute Gasteiger partial charge is 0.481 e. The molecule has 2 heteroatoms. The maximum atomic E-state index is 10.4. The summed E-state index contributed by atoms with van der Waals surface area (Å²) in [7, 11) is 0. The van der Waals surface area contributed by atoms with Gasteiger partial charge in [0.15, 0.2) is 0 Å². The van der Waals surface area contributed by atoms with Gasteiger partial charge in [0, 0.05) is 6.42 Å². The zero-order valence-electron chi connectivity index (χ0n) is 16.9. The second kappa shape index (κ2) is 21.3. The molecule has 0 atom stereocenters. The number of allylic oxidation sites excluding steroid dienone is 2. The van der Waals surface area contributed by atoms with Gasteiger partial charge in [-0.2, -0.15) is 0 Å². The van der Waals surface area contributed by atoms with Crippen molar-refractivity contribution in [3.05, 3.63) is 12.2 Å². The van der Waals surface area contributed by atoms with E-state index in [-0.39, 0.29) is 0 Å². The van der Waals surface area contributed by atoms with Crippen LogP contribution in [0.4, 0.5) is 0 Å². The van der Waals surface area contributed by atoms with Gasteiger partial charge < -0.3 is 5.11 Å². The number of hydrogen-bond donors (Lipinski definition) is 1. The van der Waals surface area contributed by atoms with Gasteiger partial charge in [0.2, 0.25) is 0 Å². The van der Waals surface area contributed by atoms with E-state index in [1.807, 2.05) is 0 Å². The van der Waals surface area contributed by atoms with Gasteiger partial charge in [-0.05, 0) is 32.1 Å². The van der Waals surface area contributed by atoms with Crippen LogP contribution in [0.15, 0.2) is 12.2 Å². The van der Waals surface area contributed by atoms with Gasteiger partial charge in [-0.3, -0.25) is 4.79 Å². The minimum atomic E-state index is -0.662. The Kier molecular flexibility index (Phi) is 20.6. The van der Waals surface area contributed by atoms with Crippen molar-refractivity contribution >= 4 is 5.97 Å². The zero-order chi connectivity index (χ0) is 18.4. The second-order valence-electron chi connectivity index (χ2n) is 7.50. The quantitative estimate of drug-likeness (QED) is 0.178. The molecule has 0 fully saturated rings. The molecular weight excluding hydrogens is 308 g/mol. The molecule has 25 heavy (non-hydrogen) atoms. The lowest BCUT2D eigenvalue weighted by molar-refractivity contribution is -0.137. The van der Waals surface area contributed by atoms with Crippen LogP contribution in [-0.4, -0.2) is 11.1 Å². The van der Waals surface area contributed by atoms with Crippen molar-refractivity contribution in [3.8, 4) is 0 Å². The number of hydrogen-bond acceptors (Lipinski definition) is 1. The first-order chi connectivity index (χ1) is 12.3. The van der Waals surface area contributed by atoms with Gasteiger partial charge in [-0.1, -0.05) is 103 Å². The molecule has 0 aliphatic rings. The summed E-state index contributed by atoms with van der Waals surface area (Å²) in [5, 5.41) is 8.56. The van der Waals surface area contributed by atoms with Crippen LogP contribution in [0, 0.1) is 0 Å². The Hall–Kier alpha value is -0.790. The van der Waals surface area contributed by atoms with Gasteiger partial charge in [-0.15, -0.1) is 0 Å². The van der Waals surface area contributed by atoms with Crippen molar-refractivity contribution in [1.29, 1.82) is 0 Å². The molecule has 1 N–H and O–H groups in total. The summed E-state index contributed by atoms with van der Waals surface area (Å²) in [5.74, 6) is -0.662. The molecule has 0 aromatic rings. The summed E-state index contributed by atoms with van der Waals surface area (Å²) in [6.45, 7) is 2.28. The highest BCUT2D eigenvalue weighted by atomic mass is 16.4. The highest BCUT2D eigenvalue weighted by Crippen LogP contribution is 2.12. The van der Waals surface area contributed by atoms with E-state index in [0.717, 1.165) is 12.8 Å². The van der Waals surface area contributed by atoms with Crippen molar-refractivity contribution in [3.63, 3.8) is 0 Å². The number of carboxylic acid groups (broad SMARTS) is 1. The molecule has 0 rings (SSSR count). The fraction of sp³-hybridized carbons (Fsp3) is 0.870. The highest BCUT2D eigenvalue weighted by Gasteiger charge is 1.96. The Morgan fingerprint density at radius 3 is 1.36 bits per heavy atom. The van der Waals surface area contributed by atoms with Gasteiger partial charge in [0.05, 0.1) is 0 Å². The third kappa shape index (κ3) is 23.2. The lowest BCUT2D eigenvalue weighted by Crippen LogP contribution is -1.93. The van der Waals surface area contributed by atoms with Crippen molar-refractivity contribution in [2.45, 2.75) is 129 Å². The molecule has 0 spiro atoms. The molecule has 0 aromatic carbocycles. The zero-order valence-corrected chi connectivity index (χ0v) is 16.9. The monoisotopic (exact) mass is 352 g/mol. The first kappa shape index (κ1) is 24.2. The van der Waals surface area contributed by atoms with Crippen LogP contribution in [0.25, 0.3) is 0 Å². The van der Waals surface area contributed by atoms with E-state index in [1.54, 1.807) is 0 Å². The molecule has 0 radical (unpaired) electrons. The summed E-state index contributed by atoms with van der Waals surface area (Å²) in [6, 6.07) is 0. The van der Waals surface area contributed by atoms with Gasteiger partial charge in [-0.25, -0.2) is 0 Å². The molecule has 0 aliphatic carbocycles. The molecule has 0 saturated carbocycles. The molecule has 0 aliphatic heterocycles. The molecule has 0 saturated heterocycles. The molecule has 0 heterocycles. The number of carboxylic acids is 1. The van der Waals surface area contributed by atoms with E-state index >= 15 is 0 Å². The molecule has 0 bridgehead atoms. The SMILES string of the molecule is CCCCCCCCCCCCCC=CCCCCCCCC(=O)O. The topological polar surface area (TPSA) is 37.3 Å². The Morgan fingerprint density at radius 1 is 0.600 bits per heavy atom. The molecule has 2 nitrogen and oxygen atoms in total. The molecule has 148 valence electrons. The van der Waals surface area contributed by atoms with E-state index in [2.05, 4.69) is 19.1 Å². The lowest BCUT2D eigenvalue weighted by atomic mass is 10.0. The third-order valence-electron chi connectivity index (χ3n) is 4.90. The Morgan fingerprint density at radius 2 is 0.960 bits per heavy atom. The maximum Gasteiger partial charge on any atom is 0.303 e. The highest BCUT2D eigenvalue weighted by molar-refractivity contribution is 5.66. The molecule has 0 unspecified atom stereocenters. The smallest absolute Gasteiger partial charge is 0.303 e. The summed E-state index contributed by atoms with van der Waals surface area (Å²) in [5.41, 5.74) is 0. The molecule has 0 aromatic heterocycles. The van der Waals surface area contributed by atoms with Crippen molar-refractivity contribution in [2.75, 3.05) is 0 Å². The predicted molar refractivity (Wildman–Crippen MR) is 110 cm³/mol. The van der Waals surface area contributed by atoms with E-state index in [4.69, 9.17) is 5.11 Å². The summed E-state index contributed by atoms with van der Waals surface area (Å²) in [4.78, 5) is 10.4. The van der Waals surface area contributed by atoms with Crippen molar-refractivity contribution in [1.82, 2.24) is 0 Å². The van der Waals surface area contributed by atoms with Gasteiger partial charge >= 0.3 is 5.97 Å². The normalized spacial score (nSPS) is 11.4. The average molecular weight is 353 g/mol.